The summed E-state index contributed by atoms with van der Waals surface area (Å²) in [6.07, 6.45) is 3.09. The molecule has 0 fully saturated rings. The predicted octanol–water partition coefficient (Wildman–Crippen LogP) is 1.76. The lowest BCUT2D eigenvalue weighted by Crippen LogP contribution is -2.07. The largest absolute Gasteiger partial charge is 0.440 e. The first kappa shape index (κ1) is 10.5. The average Bonchev–Trinajstić information content (AvgIpc) is 2.00. The second-order valence-electron chi connectivity index (χ2n) is 2.37. The molecule has 0 aliphatic carbocycles. The second-order valence-corrected chi connectivity index (χ2v) is 2.37. The molecule has 3 heteroatoms. The third kappa shape index (κ3) is 5.29. The van der Waals surface area contributed by atoms with Crippen molar-refractivity contribution in [2.75, 3.05) is 14.1 Å². The highest BCUT2D eigenvalue weighted by molar-refractivity contribution is 5.55. The van der Waals surface area contributed by atoms with Crippen LogP contribution >= 0.6 is 0 Å². The van der Waals surface area contributed by atoms with E-state index < -0.39 is 0 Å². The third-order valence-corrected chi connectivity index (χ3v) is 0.909. The SMILES string of the molecule is C=CC(=C)OC(=C)/N=C\N(C)C. The molecule has 0 N–H and O–H groups in total. The van der Waals surface area contributed by atoms with Crippen molar-refractivity contribution in [2.45, 2.75) is 0 Å². The number of hydrogen-bond acceptors (Lipinski definition) is 2. The van der Waals surface area contributed by atoms with Crippen molar-refractivity contribution in [1.82, 2.24) is 4.90 Å². The van der Waals surface area contributed by atoms with Crippen molar-refractivity contribution in [1.29, 1.82) is 0 Å². The van der Waals surface area contributed by atoms with Gasteiger partial charge in [0, 0.05) is 14.1 Å². The van der Waals surface area contributed by atoms with Crippen molar-refractivity contribution in [2.24, 2.45) is 4.99 Å². The van der Waals surface area contributed by atoms with Gasteiger partial charge in [0.1, 0.15) is 5.76 Å². The molecule has 0 aliphatic heterocycles. The maximum absolute atomic E-state index is 5.02. The Kier molecular flexibility index (Phi) is 4.53. The summed E-state index contributed by atoms with van der Waals surface area (Å²) >= 11 is 0. The lowest BCUT2D eigenvalue weighted by molar-refractivity contribution is 0.320. The van der Waals surface area contributed by atoms with Crippen LogP contribution in [-0.4, -0.2) is 25.3 Å². The van der Waals surface area contributed by atoms with E-state index in [-0.39, 0.29) is 0 Å². The summed E-state index contributed by atoms with van der Waals surface area (Å²) in [5.41, 5.74) is 0. The summed E-state index contributed by atoms with van der Waals surface area (Å²) < 4.78 is 5.02. The van der Waals surface area contributed by atoms with Gasteiger partial charge in [0.05, 0.1) is 6.34 Å². The molecule has 0 unspecified atom stereocenters. The molecular formula is C9H14N2O. The Morgan fingerprint density at radius 3 is 2.42 bits per heavy atom. The first-order valence-electron chi connectivity index (χ1n) is 3.45. The van der Waals surface area contributed by atoms with E-state index in [9.17, 15) is 0 Å². The minimum absolute atomic E-state index is 0.300. The zero-order valence-electron chi connectivity index (χ0n) is 7.58. The van der Waals surface area contributed by atoms with Gasteiger partial charge < -0.3 is 9.64 Å². The van der Waals surface area contributed by atoms with Gasteiger partial charge in [-0.2, -0.15) is 0 Å². The lowest BCUT2D eigenvalue weighted by atomic mass is 10.5. The highest BCUT2D eigenvalue weighted by Gasteiger charge is 1.90. The van der Waals surface area contributed by atoms with E-state index in [1.165, 1.54) is 6.08 Å². The highest BCUT2D eigenvalue weighted by atomic mass is 16.5. The number of allylic oxidation sites excluding steroid dienone is 1. The molecule has 3 nitrogen and oxygen atoms in total. The van der Waals surface area contributed by atoms with E-state index in [4.69, 9.17) is 4.74 Å². The summed E-state index contributed by atoms with van der Waals surface area (Å²) in [7, 11) is 3.72. The molecule has 0 bridgehead atoms. The Hall–Kier alpha value is -1.51. The number of hydrogen-bond donors (Lipinski definition) is 0. The van der Waals surface area contributed by atoms with E-state index in [1.807, 2.05) is 14.1 Å². The number of rotatable bonds is 5. The normalized spacial score (nSPS) is 9.50. The van der Waals surface area contributed by atoms with Crippen LogP contribution in [0, 0.1) is 0 Å². The fraction of sp³-hybridized carbons (Fsp3) is 0.222. The smallest absolute Gasteiger partial charge is 0.213 e. The maximum Gasteiger partial charge on any atom is 0.213 e. The van der Waals surface area contributed by atoms with Crippen molar-refractivity contribution in [3.8, 4) is 0 Å². The van der Waals surface area contributed by atoms with Crippen LogP contribution in [0.5, 0.6) is 0 Å². The third-order valence-electron chi connectivity index (χ3n) is 0.909. The fourth-order valence-electron chi connectivity index (χ4n) is 0.399. The van der Waals surface area contributed by atoms with E-state index in [0.717, 1.165) is 0 Å². The Bertz CT molecular complexity index is 217. The maximum atomic E-state index is 5.02. The minimum atomic E-state index is 0.300. The topological polar surface area (TPSA) is 24.8 Å². The highest BCUT2D eigenvalue weighted by Crippen LogP contribution is 2.03. The van der Waals surface area contributed by atoms with Crippen LogP contribution in [0.2, 0.25) is 0 Å². The number of aliphatic imine (C=N–C) groups is 1. The van der Waals surface area contributed by atoms with Gasteiger partial charge in [0.15, 0.2) is 0 Å². The average molecular weight is 166 g/mol. The molecular weight excluding hydrogens is 152 g/mol. The quantitative estimate of drug-likeness (QED) is 0.269. The second kappa shape index (κ2) is 5.18. The number of nitrogens with zero attached hydrogens (tertiary/aromatic N) is 2. The van der Waals surface area contributed by atoms with Crippen LogP contribution in [0.25, 0.3) is 0 Å². The molecule has 0 aromatic rings. The molecule has 0 aliphatic rings. The van der Waals surface area contributed by atoms with Crippen LogP contribution in [-0.2, 0) is 4.74 Å². The van der Waals surface area contributed by atoms with Crippen LogP contribution in [0.3, 0.4) is 0 Å². The molecule has 12 heavy (non-hydrogen) atoms. The molecule has 0 aromatic carbocycles. The molecule has 0 radical (unpaired) electrons. The fourth-order valence-corrected chi connectivity index (χ4v) is 0.399. The molecule has 0 amide bonds. The lowest BCUT2D eigenvalue weighted by Gasteiger charge is -2.05. The first-order valence-corrected chi connectivity index (χ1v) is 3.45. The minimum Gasteiger partial charge on any atom is -0.440 e. The molecule has 0 atom stereocenters. The monoisotopic (exact) mass is 166 g/mol. The predicted molar refractivity (Wildman–Crippen MR) is 51.7 cm³/mol. The van der Waals surface area contributed by atoms with E-state index in [0.29, 0.717) is 11.6 Å². The Morgan fingerprint density at radius 1 is 1.42 bits per heavy atom. The molecule has 66 valence electrons. The van der Waals surface area contributed by atoms with Gasteiger partial charge in [-0.1, -0.05) is 13.2 Å². The zero-order valence-corrected chi connectivity index (χ0v) is 7.58. The van der Waals surface area contributed by atoms with Gasteiger partial charge >= 0.3 is 0 Å². The summed E-state index contributed by atoms with van der Waals surface area (Å²) in [5.74, 6) is 0.740. The van der Waals surface area contributed by atoms with Crippen LogP contribution in [0.1, 0.15) is 0 Å². The van der Waals surface area contributed by atoms with Gasteiger partial charge in [-0.3, -0.25) is 0 Å². The van der Waals surface area contributed by atoms with Crippen LogP contribution in [0.4, 0.5) is 0 Å². The number of ether oxygens (including phenoxy) is 1. The van der Waals surface area contributed by atoms with Crippen molar-refractivity contribution >= 4 is 6.34 Å². The summed E-state index contributed by atoms with van der Waals surface area (Å²) in [4.78, 5) is 5.67. The molecule has 0 spiro atoms. The van der Waals surface area contributed by atoms with Gasteiger partial charge in [-0.05, 0) is 12.7 Å². The standard InChI is InChI=1S/C9H14N2O/c1-6-8(2)12-9(3)10-7-11(4)5/h6-7H,1-3H2,4-5H3/b10-7-. The van der Waals surface area contributed by atoms with Gasteiger partial charge in [-0.25, -0.2) is 4.99 Å². The summed E-state index contributed by atoms with van der Waals surface area (Å²) in [6, 6.07) is 0. The zero-order chi connectivity index (χ0) is 9.56. The van der Waals surface area contributed by atoms with Gasteiger partial charge in [0.25, 0.3) is 0 Å². The summed E-state index contributed by atoms with van der Waals surface area (Å²) in [5, 5.41) is 0. The molecule has 0 aromatic heterocycles. The molecule has 0 rings (SSSR count). The molecule has 0 heterocycles. The Morgan fingerprint density at radius 2 is 2.00 bits per heavy atom. The van der Waals surface area contributed by atoms with Gasteiger partial charge in [-0.15, -0.1) is 0 Å². The van der Waals surface area contributed by atoms with E-state index in [1.54, 1.807) is 11.2 Å². The van der Waals surface area contributed by atoms with E-state index >= 15 is 0 Å². The van der Waals surface area contributed by atoms with Gasteiger partial charge in [0.2, 0.25) is 5.88 Å². The van der Waals surface area contributed by atoms with Crippen LogP contribution in [0.15, 0.2) is 42.4 Å². The van der Waals surface area contributed by atoms with E-state index in [2.05, 4.69) is 24.7 Å². The van der Waals surface area contributed by atoms with Crippen LogP contribution < -0.4 is 0 Å². The molecule has 0 saturated heterocycles. The molecule has 0 saturated carbocycles. The Balaban J connectivity index is 3.90. The van der Waals surface area contributed by atoms with Crippen molar-refractivity contribution in [3.63, 3.8) is 0 Å². The summed E-state index contributed by atoms with van der Waals surface area (Å²) in [6.45, 7) is 10.6. The van der Waals surface area contributed by atoms with Crippen molar-refractivity contribution < 1.29 is 4.74 Å². The Labute approximate surface area is 73.4 Å². The first-order chi connectivity index (χ1) is 5.56. The van der Waals surface area contributed by atoms with Crippen molar-refractivity contribution in [3.05, 3.63) is 37.5 Å².